The van der Waals surface area contributed by atoms with Crippen LogP contribution in [0.4, 0.5) is 5.69 Å². The van der Waals surface area contributed by atoms with Gasteiger partial charge in [-0.25, -0.2) is 0 Å². The number of rotatable bonds is 10. The van der Waals surface area contributed by atoms with Gasteiger partial charge in [0.1, 0.15) is 23.9 Å². The van der Waals surface area contributed by atoms with Crippen LogP contribution in [-0.4, -0.2) is 29.9 Å². The first-order valence-electron chi connectivity index (χ1n) is 12.9. The molecule has 38 heavy (non-hydrogen) atoms. The van der Waals surface area contributed by atoms with Crippen molar-refractivity contribution in [2.75, 3.05) is 19.1 Å². The second-order valence-corrected chi connectivity index (χ2v) is 9.36. The quantitative estimate of drug-likeness (QED) is 0.271. The summed E-state index contributed by atoms with van der Waals surface area (Å²) in [5, 5.41) is 4.41. The molecule has 0 bridgehead atoms. The number of hydrogen-bond donors (Lipinski definition) is 0. The molecule has 0 saturated carbocycles. The van der Waals surface area contributed by atoms with E-state index in [1.54, 1.807) is 14.2 Å². The van der Waals surface area contributed by atoms with Crippen LogP contribution < -0.4 is 19.1 Å². The minimum atomic E-state index is -0.279. The van der Waals surface area contributed by atoms with Crippen molar-refractivity contribution in [2.45, 2.75) is 45.4 Å². The summed E-state index contributed by atoms with van der Waals surface area (Å²) in [7, 11) is 3.22. The fourth-order valence-corrected chi connectivity index (χ4v) is 5.07. The second kappa shape index (κ2) is 11.4. The van der Waals surface area contributed by atoms with Gasteiger partial charge in [0, 0.05) is 24.4 Å². The molecule has 1 amide bonds. The van der Waals surface area contributed by atoms with Gasteiger partial charge in [-0.3, -0.25) is 9.48 Å². The van der Waals surface area contributed by atoms with Crippen molar-refractivity contribution in [3.05, 3.63) is 101 Å². The molecule has 0 spiro atoms. The molecule has 0 fully saturated rings. The lowest BCUT2D eigenvalue weighted by Crippen LogP contribution is -2.34. The zero-order valence-electron chi connectivity index (χ0n) is 22.1. The maximum absolute atomic E-state index is 14.3. The maximum atomic E-state index is 14.3. The van der Waals surface area contributed by atoms with E-state index >= 15 is 0 Å². The lowest BCUT2D eigenvalue weighted by atomic mass is 9.98. The highest BCUT2D eigenvalue weighted by molar-refractivity contribution is 6.00. The number of benzene rings is 3. The van der Waals surface area contributed by atoms with Crippen molar-refractivity contribution in [3.63, 3.8) is 0 Å². The van der Waals surface area contributed by atoms with Crippen LogP contribution in [0.2, 0.25) is 0 Å². The summed E-state index contributed by atoms with van der Waals surface area (Å²) in [6, 6.07) is 21.7. The van der Waals surface area contributed by atoms with E-state index in [9.17, 15) is 4.79 Å². The summed E-state index contributed by atoms with van der Waals surface area (Å²) in [5.41, 5.74) is 4.91. The molecule has 7 heteroatoms. The van der Waals surface area contributed by atoms with Gasteiger partial charge in [0.2, 0.25) is 5.91 Å². The number of aromatic nitrogens is 2. The predicted octanol–water partition coefficient (Wildman–Crippen LogP) is 5.76. The number of amides is 1. The molecule has 1 heterocycles. The Morgan fingerprint density at radius 2 is 1.84 bits per heavy atom. The minimum Gasteiger partial charge on any atom is -0.497 e. The van der Waals surface area contributed by atoms with E-state index in [-0.39, 0.29) is 11.8 Å². The Morgan fingerprint density at radius 3 is 2.58 bits per heavy atom. The van der Waals surface area contributed by atoms with Gasteiger partial charge in [0.05, 0.1) is 38.6 Å². The van der Waals surface area contributed by atoms with Crippen molar-refractivity contribution in [1.29, 1.82) is 0 Å². The molecule has 4 aromatic rings. The Hall–Kier alpha value is -4.26. The molecule has 1 aliphatic carbocycles. The fourth-order valence-electron chi connectivity index (χ4n) is 5.07. The third-order valence-corrected chi connectivity index (χ3v) is 7.06. The van der Waals surface area contributed by atoms with E-state index in [1.165, 1.54) is 0 Å². The minimum absolute atomic E-state index is 0.0247. The second-order valence-electron chi connectivity index (χ2n) is 9.36. The van der Waals surface area contributed by atoms with E-state index in [4.69, 9.17) is 14.2 Å². The van der Waals surface area contributed by atoms with E-state index < -0.39 is 0 Å². The van der Waals surface area contributed by atoms with Crippen LogP contribution in [-0.2, 0) is 30.9 Å². The number of methoxy groups -OCH3 is 2. The molecule has 5 rings (SSSR count). The lowest BCUT2D eigenvalue weighted by molar-refractivity contribution is -0.120. The van der Waals surface area contributed by atoms with E-state index in [0.717, 1.165) is 47.4 Å². The van der Waals surface area contributed by atoms with Crippen molar-refractivity contribution < 1.29 is 19.0 Å². The third kappa shape index (κ3) is 5.23. The summed E-state index contributed by atoms with van der Waals surface area (Å²) in [5.74, 6) is 1.84. The SMILES string of the molecule is CCn1cc(CN(C(=O)C2CCc3c(OCc4ccccc4)cccc32)c2ccc(OC)cc2OC)cn1. The Kier molecular flexibility index (Phi) is 7.63. The van der Waals surface area contributed by atoms with Gasteiger partial charge in [-0.2, -0.15) is 5.10 Å². The summed E-state index contributed by atoms with van der Waals surface area (Å²) < 4.78 is 19.2. The zero-order chi connectivity index (χ0) is 26.5. The summed E-state index contributed by atoms with van der Waals surface area (Å²) in [6.45, 7) is 3.69. The summed E-state index contributed by atoms with van der Waals surface area (Å²) in [4.78, 5) is 16.1. The van der Waals surface area contributed by atoms with Crippen LogP contribution in [0, 0.1) is 0 Å². The average molecular weight is 512 g/mol. The first kappa shape index (κ1) is 25.4. The molecule has 0 aliphatic heterocycles. The van der Waals surface area contributed by atoms with E-state index in [2.05, 4.69) is 23.3 Å². The number of anilines is 1. The number of aryl methyl sites for hydroxylation is 1. The monoisotopic (exact) mass is 511 g/mol. The van der Waals surface area contributed by atoms with Crippen LogP contribution in [0.15, 0.2) is 79.1 Å². The van der Waals surface area contributed by atoms with Crippen LogP contribution in [0.25, 0.3) is 0 Å². The highest BCUT2D eigenvalue weighted by Crippen LogP contribution is 2.42. The van der Waals surface area contributed by atoms with Crippen molar-refractivity contribution >= 4 is 11.6 Å². The molecule has 1 aliphatic rings. The van der Waals surface area contributed by atoms with Gasteiger partial charge in [0.15, 0.2) is 0 Å². The summed E-state index contributed by atoms with van der Waals surface area (Å²) in [6.07, 6.45) is 5.31. The molecule has 1 unspecified atom stereocenters. The number of carbonyl (C=O) groups excluding carboxylic acids is 1. The third-order valence-electron chi connectivity index (χ3n) is 7.06. The Bertz CT molecular complexity index is 1400. The van der Waals surface area contributed by atoms with Gasteiger partial charge in [0.25, 0.3) is 0 Å². The van der Waals surface area contributed by atoms with Crippen LogP contribution in [0.5, 0.6) is 17.2 Å². The molecule has 1 aromatic heterocycles. The number of ether oxygens (including phenoxy) is 3. The van der Waals surface area contributed by atoms with Crippen LogP contribution in [0.1, 0.15) is 41.5 Å². The van der Waals surface area contributed by atoms with Gasteiger partial charge in [-0.15, -0.1) is 0 Å². The molecular weight excluding hydrogens is 478 g/mol. The maximum Gasteiger partial charge on any atom is 0.234 e. The van der Waals surface area contributed by atoms with E-state index in [1.807, 2.05) is 77.4 Å². The average Bonchev–Trinajstić information content (AvgIpc) is 3.62. The topological polar surface area (TPSA) is 65.8 Å². The molecular formula is C31H33N3O4. The molecule has 1 atom stereocenters. The Balaban J connectivity index is 1.46. The zero-order valence-corrected chi connectivity index (χ0v) is 22.1. The molecule has 3 aromatic carbocycles. The first-order valence-corrected chi connectivity index (χ1v) is 12.9. The summed E-state index contributed by atoms with van der Waals surface area (Å²) >= 11 is 0. The number of carbonyl (C=O) groups is 1. The van der Waals surface area contributed by atoms with Crippen molar-refractivity contribution in [2.24, 2.45) is 0 Å². The molecule has 7 nitrogen and oxygen atoms in total. The predicted molar refractivity (Wildman–Crippen MR) is 147 cm³/mol. The normalized spacial score (nSPS) is 14.1. The number of hydrogen-bond acceptors (Lipinski definition) is 5. The van der Waals surface area contributed by atoms with Crippen LogP contribution >= 0.6 is 0 Å². The highest BCUT2D eigenvalue weighted by Gasteiger charge is 2.35. The smallest absolute Gasteiger partial charge is 0.234 e. The first-order chi connectivity index (χ1) is 18.6. The van der Waals surface area contributed by atoms with Crippen LogP contribution in [0.3, 0.4) is 0 Å². The standard InChI is InChI=1S/C31H33N3O4/c1-4-33-19-23(18-32-33)20-34(28-16-13-24(36-2)17-30(28)37-3)31(35)27-15-14-26-25(27)11-8-12-29(26)38-21-22-9-6-5-7-10-22/h5-13,16-19,27H,4,14-15,20-21H2,1-3H3. The molecule has 196 valence electrons. The van der Waals surface area contributed by atoms with Gasteiger partial charge < -0.3 is 19.1 Å². The van der Waals surface area contributed by atoms with E-state index in [0.29, 0.717) is 30.3 Å². The Labute approximate surface area is 223 Å². The molecule has 0 saturated heterocycles. The number of nitrogens with zero attached hydrogens (tertiary/aromatic N) is 3. The van der Waals surface area contributed by atoms with Crippen molar-refractivity contribution in [3.8, 4) is 17.2 Å². The van der Waals surface area contributed by atoms with Gasteiger partial charge >= 0.3 is 0 Å². The number of fused-ring (bicyclic) bond motifs is 1. The van der Waals surface area contributed by atoms with Crippen molar-refractivity contribution in [1.82, 2.24) is 9.78 Å². The highest BCUT2D eigenvalue weighted by atomic mass is 16.5. The van der Waals surface area contributed by atoms with Gasteiger partial charge in [-0.05, 0) is 54.7 Å². The lowest BCUT2D eigenvalue weighted by Gasteiger charge is -2.27. The van der Waals surface area contributed by atoms with Gasteiger partial charge in [-0.1, -0.05) is 42.5 Å². The molecule has 0 N–H and O–H groups in total. The largest absolute Gasteiger partial charge is 0.497 e. The fraction of sp³-hybridized carbons (Fsp3) is 0.290. The molecule has 0 radical (unpaired) electrons. The Morgan fingerprint density at radius 1 is 1.00 bits per heavy atom.